The van der Waals surface area contributed by atoms with Gasteiger partial charge in [-0.25, -0.2) is 14.1 Å². The number of imide groups is 1. The molecular weight excluding hydrogens is 335 g/mol. The minimum atomic E-state index is -0.762. The zero-order valence-electron chi connectivity index (χ0n) is 13.1. The van der Waals surface area contributed by atoms with Gasteiger partial charge in [0.25, 0.3) is 5.91 Å². The Hall–Kier alpha value is -2.26. The number of terminal acetylenes is 1. The minimum Gasteiger partial charge on any atom is -0.476 e. The van der Waals surface area contributed by atoms with Crippen molar-refractivity contribution in [3.8, 4) is 18.1 Å². The van der Waals surface area contributed by atoms with Crippen LogP contribution in [0.4, 0.5) is 14.9 Å². The maximum atomic E-state index is 14.4. The first-order valence-electron chi connectivity index (χ1n) is 7.70. The lowest BCUT2D eigenvalue weighted by molar-refractivity contribution is -0.120. The van der Waals surface area contributed by atoms with Crippen LogP contribution in [0.25, 0.3) is 0 Å². The summed E-state index contributed by atoms with van der Waals surface area (Å²) >= 11 is 5.97. The van der Waals surface area contributed by atoms with E-state index in [1.54, 1.807) is 6.92 Å². The van der Waals surface area contributed by atoms with E-state index in [1.807, 2.05) is 0 Å². The van der Waals surface area contributed by atoms with Gasteiger partial charge in [0.15, 0.2) is 6.10 Å². The Bertz CT molecular complexity index is 722. The van der Waals surface area contributed by atoms with Crippen LogP contribution in [-0.4, -0.2) is 35.5 Å². The topological polar surface area (TPSA) is 49.9 Å². The van der Waals surface area contributed by atoms with Crippen LogP contribution >= 0.6 is 11.6 Å². The van der Waals surface area contributed by atoms with Crippen molar-refractivity contribution >= 4 is 29.2 Å². The van der Waals surface area contributed by atoms with Gasteiger partial charge in [-0.2, -0.15) is 0 Å². The third-order valence-electron chi connectivity index (χ3n) is 4.23. The van der Waals surface area contributed by atoms with Gasteiger partial charge in [-0.1, -0.05) is 17.5 Å². The molecule has 1 aromatic rings. The van der Waals surface area contributed by atoms with E-state index in [9.17, 15) is 14.0 Å². The minimum absolute atomic E-state index is 0.0233. The average Bonchev–Trinajstić information content (AvgIpc) is 2.82. The zero-order chi connectivity index (χ0) is 17.4. The van der Waals surface area contributed by atoms with Crippen molar-refractivity contribution in [1.82, 2.24) is 4.90 Å². The lowest BCUT2D eigenvalue weighted by atomic mass is 10.0. The number of amides is 3. The SMILES string of the molecule is C#CC(C)Oc1cc(N2C(=O)C3CCCCN3C2=O)c(F)cc1Cl. The number of carbonyl (C=O) groups excluding carboxylic acids is 2. The Morgan fingerprint density at radius 1 is 1.42 bits per heavy atom. The van der Waals surface area contributed by atoms with Gasteiger partial charge >= 0.3 is 6.03 Å². The van der Waals surface area contributed by atoms with Crippen molar-refractivity contribution in [2.24, 2.45) is 0 Å². The second-order valence-electron chi connectivity index (χ2n) is 5.82. The van der Waals surface area contributed by atoms with E-state index in [-0.39, 0.29) is 16.5 Å². The van der Waals surface area contributed by atoms with E-state index in [1.165, 1.54) is 11.0 Å². The maximum absolute atomic E-state index is 14.4. The van der Waals surface area contributed by atoms with Gasteiger partial charge in [0, 0.05) is 12.6 Å². The number of halogens is 2. The van der Waals surface area contributed by atoms with Crippen molar-refractivity contribution in [2.45, 2.75) is 38.3 Å². The molecule has 0 saturated carbocycles. The maximum Gasteiger partial charge on any atom is 0.332 e. The lowest BCUT2D eigenvalue weighted by Gasteiger charge is -2.26. The van der Waals surface area contributed by atoms with E-state index in [0.29, 0.717) is 13.0 Å². The van der Waals surface area contributed by atoms with E-state index in [0.717, 1.165) is 23.8 Å². The predicted molar refractivity (Wildman–Crippen MR) is 87.6 cm³/mol. The highest BCUT2D eigenvalue weighted by atomic mass is 35.5. The molecule has 2 saturated heterocycles. The van der Waals surface area contributed by atoms with Crippen molar-refractivity contribution in [3.05, 3.63) is 23.0 Å². The molecule has 0 spiro atoms. The number of ether oxygens (including phenoxy) is 1. The van der Waals surface area contributed by atoms with Crippen molar-refractivity contribution in [1.29, 1.82) is 0 Å². The van der Waals surface area contributed by atoms with Crippen LogP contribution in [0.3, 0.4) is 0 Å². The first-order chi connectivity index (χ1) is 11.4. The number of hydrogen-bond acceptors (Lipinski definition) is 3. The summed E-state index contributed by atoms with van der Waals surface area (Å²) in [6.07, 6.45) is 6.97. The molecule has 0 bridgehead atoms. The van der Waals surface area contributed by atoms with Gasteiger partial charge in [-0.15, -0.1) is 6.42 Å². The highest BCUT2D eigenvalue weighted by Gasteiger charge is 2.47. The molecule has 2 fully saturated rings. The van der Waals surface area contributed by atoms with E-state index in [2.05, 4.69) is 5.92 Å². The largest absolute Gasteiger partial charge is 0.476 e. The highest BCUT2D eigenvalue weighted by Crippen LogP contribution is 2.37. The summed E-state index contributed by atoms with van der Waals surface area (Å²) in [6.45, 7) is 2.13. The summed E-state index contributed by atoms with van der Waals surface area (Å²) in [7, 11) is 0. The number of benzene rings is 1. The van der Waals surface area contributed by atoms with Crippen molar-refractivity contribution < 1.29 is 18.7 Å². The highest BCUT2D eigenvalue weighted by molar-refractivity contribution is 6.32. The van der Waals surface area contributed by atoms with Crippen LogP contribution in [0, 0.1) is 18.2 Å². The smallest absolute Gasteiger partial charge is 0.332 e. The number of urea groups is 1. The molecule has 3 amide bonds. The molecule has 0 N–H and O–H groups in total. The summed E-state index contributed by atoms with van der Waals surface area (Å²) in [5.74, 6) is 1.32. The number of carbonyl (C=O) groups is 2. The first kappa shape index (κ1) is 16.6. The fraction of sp³-hybridized carbons (Fsp3) is 0.412. The van der Waals surface area contributed by atoms with Crippen LogP contribution in [0.2, 0.25) is 5.02 Å². The summed E-state index contributed by atoms with van der Waals surface area (Å²) < 4.78 is 19.8. The number of fused-ring (bicyclic) bond motifs is 1. The predicted octanol–water partition coefficient (Wildman–Crippen LogP) is 3.20. The molecule has 3 rings (SSSR count). The van der Waals surface area contributed by atoms with Crippen LogP contribution in [0.1, 0.15) is 26.2 Å². The van der Waals surface area contributed by atoms with Crippen LogP contribution in [0.5, 0.6) is 5.75 Å². The molecule has 2 aliphatic heterocycles. The van der Waals surface area contributed by atoms with Crippen molar-refractivity contribution in [2.75, 3.05) is 11.4 Å². The Balaban J connectivity index is 1.99. The number of hydrogen-bond donors (Lipinski definition) is 0. The second-order valence-corrected chi connectivity index (χ2v) is 6.23. The number of rotatable bonds is 3. The third-order valence-corrected chi connectivity index (χ3v) is 4.52. The molecule has 5 nitrogen and oxygen atoms in total. The van der Waals surface area contributed by atoms with E-state index < -0.39 is 29.9 Å². The molecule has 2 aliphatic rings. The quantitative estimate of drug-likeness (QED) is 0.621. The molecule has 2 unspecified atom stereocenters. The number of piperidine rings is 1. The number of nitrogens with zero attached hydrogens (tertiary/aromatic N) is 2. The van der Waals surface area contributed by atoms with Gasteiger partial charge in [0.2, 0.25) is 0 Å². The standard InChI is InChI=1S/C17H16ClFN2O3/c1-3-10(2)24-15-9-14(12(19)8-11(15)18)21-16(22)13-6-4-5-7-20(13)17(21)23/h1,8-10,13H,4-7H2,2H3. The summed E-state index contributed by atoms with van der Waals surface area (Å²) in [6, 6.07) is 1.24. The average molecular weight is 351 g/mol. The fourth-order valence-corrected chi connectivity index (χ4v) is 3.21. The monoisotopic (exact) mass is 350 g/mol. The summed E-state index contributed by atoms with van der Waals surface area (Å²) in [5.41, 5.74) is -0.164. The van der Waals surface area contributed by atoms with Crippen molar-refractivity contribution in [3.63, 3.8) is 0 Å². The van der Waals surface area contributed by atoms with Gasteiger partial charge in [0.05, 0.1) is 10.7 Å². The van der Waals surface area contributed by atoms with E-state index in [4.69, 9.17) is 22.8 Å². The van der Waals surface area contributed by atoms with Gasteiger partial charge in [0.1, 0.15) is 17.6 Å². The molecule has 126 valence electrons. The molecule has 0 radical (unpaired) electrons. The molecular formula is C17H16ClFN2O3. The Kier molecular flexibility index (Phi) is 4.37. The second kappa shape index (κ2) is 6.33. The summed E-state index contributed by atoms with van der Waals surface area (Å²) in [4.78, 5) is 27.5. The molecule has 2 heterocycles. The Morgan fingerprint density at radius 2 is 2.17 bits per heavy atom. The molecule has 0 aliphatic carbocycles. The Morgan fingerprint density at radius 3 is 2.83 bits per heavy atom. The Labute approximate surface area is 144 Å². The molecule has 2 atom stereocenters. The molecule has 1 aromatic carbocycles. The molecule has 24 heavy (non-hydrogen) atoms. The lowest BCUT2D eigenvalue weighted by Crippen LogP contribution is -2.39. The third kappa shape index (κ3) is 2.69. The molecule has 0 aromatic heterocycles. The van der Waals surface area contributed by atoms with Gasteiger partial charge in [-0.3, -0.25) is 4.79 Å². The van der Waals surface area contributed by atoms with E-state index >= 15 is 0 Å². The summed E-state index contributed by atoms with van der Waals surface area (Å²) in [5, 5.41) is 0.0233. The normalized spacial score (nSPS) is 21.5. The van der Waals surface area contributed by atoms with Gasteiger partial charge < -0.3 is 9.64 Å². The van der Waals surface area contributed by atoms with Crippen LogP contribution in [-0.2, 0) is 4.79 Å². The van der Waals surface area contributed by atoms with Crippen LogP contribution < -0.4 is 9.64 Å². The van der Waals surface area contributed by atoms with Gasteiger partial charge in [-0.05, 0) is 32.3 Å². The fourth-order valence-electron chi connectivity index (χ4n) is 3.02. The first-order valence-corrected chi connectivity index (χ1v) is 8.08. The molecule has 7 heteroatoms. The number of anilines is 1. The van der Waals surface area contributed by atoms with Crippen LogP contribution in [0.15, 0.2) is 12.1 Å². The zero-order valence-corrected chi connectivity index (χ0v) is 13.8.